The third-order valence-corrected chi connectivity index (χ3v) is 3.10. The molecule has 0 N–H and O–H groups in total. The summed E-state index contributed by atoms with van der Waals surface area (Å²) >= 11 is 0. The Hall–Kier alpha value is -1.83. The summed E-state index contributed by atoms with van der Waals surface area (Å²) in [5.74, 6) is 0.0732. The van der Waals surface area contributed by atoms with E-state index in [1.807, 2.05) is 12.2 Å². The van der Waals surface area contributed by atoms with Crippen molar-refractivity contribution in [1.29, 1.82) is 0 Å². The Kier molecular flexibility index (Phi) is 4.35. The molecule has 1 saturated heterocycles. The van der Waals surface area contributed by atoms with E-state index in [1.54, 1.807) is 19.1 Å². The van der Waals surface area contributed by atoms with Crippen LogP contribution in [0.5, 0.6) is 0 Å². The van der Waals surface area contributed by atoms with E-state index >= 15 is 0 Å². The molecule has 2 heteroatoms. The predicted molar refractivity (Wildman–Crippen MR) is 76.7 cm³/mol. The number of ketones is 1. The maximum absolute atomic E-state index is 10.7. The summed E-state index contributed by atoms with van der Waals surface area (Å²) in [6.07, 6.45) is 9.85. The summed E-state index contributed by atoms with van der Waals surface area (Å²) in [5.41, 5.74) is 2.47. The number of carbonyl (C=O) groups excluding carboxylic acids is 1. The number of hydrogen-bond acceptors (Lipinski definition) is 2. The maximum Gasteiger partial charge on any atom is 0.152 e. The van der Waals surface area contributed by atoms with Crippen LogP contribution in [-0.4, -0.2) is 18.9 Å². The average Bonchev–Trinajstić information content (AvgIpc) is 2.89. The van der Waals surface area contributed by atoms with Gasteiger partial charge in [0.05, 0.1) is 0 Å². The molecule has 0 spiro atoms. The van der Waals surface area contributed by atoms with Crippen molar-refractivity contribution in [3.63, 3.8) is 0 Å². The van der Waals surface area contributed by atoms with Crippen LogP contribution in [0.25, 0.3) is 6.08 Å². The zero-order valence-electron chi connectivity index (χ0n) is 10.8. The van der Waals surface area contributed by atoms with Crippen LogP contribution in [0.15, 0.2) is 42.5 Å². The van der Waals surface area contributed by atoms with E-state index in [0.717, 1.165) is 5.56 Å². The second-order valence-electron chi connectivity index (χ2n) is 4.61. The van der Waals surface area contributed by atoms with Gasteiger partial charge in [0, 0.05) is 18.8 Å². The summed E-state index contributed by atoms with van der Waals surface area (Å²) in [6.45, 7) is 3.91. The average molecular weight is 241 g/mol. The number of anilines is 1. The van der Waals surface area contributed by atoms with Crippen LogP contribution < -0.4 is 4.90 Å². The first-order valence-electron chi connectivity index (χ1n) is 6.46. The predicted octanol–water partition coefficient (Wildman–Crippen LogP) is 3.45. The maximum atomic E-state index is 10.7. The molecule has 0 radical (unpaired) electrons. The fourth-order valence-electron chi connectivity index (χ4n) is 2.13. The number of hydrogen-bond donors (Lipinski definition) is 0. The van der Waals surface area contributed by atoms with Crippen molar-refractivity contribution in [1.82, 2.24) is 0 Å². The number of benzene rings is 1. The van der Waals surface area contributed by atoms with E-state index in [1.165, 1.54) is 31.6 Å². The van der Waals surface area contributed by atoms with Gasteiger partial charge >= 0.3 is 0 Å². The van der Waals surface area contributed by atoms with Gasteiger partial charge in [-0.3, -0.25) is 4.79 Å². The van der Waals surface area contributed by atoms with Gasteiger partial charge in [0.15, 0.2) is 5.78 Å². The molecule has 1 fully saturated rings. The normalized spacial score (nSPS) is 15.9. The first kappa shape index (κ1) is 12.6. The fraction of sp³-hybridized carbons (Fsp3) is 0.312. The summed E-state index contributed by atoms with van der Waals surface area (Å²) in [5, 5.41) is 0. The van der Waals surface area contributed by atoms with Crippen molar-refractivity contribution in [3.8, 4) is 0 Å². The molecule has 0 aromatic heterocycles. The van der Waals surface area contributed by atoms with Gasteiger partial charge in [0.1, 0.15) is 0 Å². The van der Waals surface area contributed by atoms with Crippen LogP contribution in [-0.2, 0) is 4.79 Å². The molecule has 1 heterocycles. The monoisotopic (exact) mass is 241 g/mol. The molecule has 0 amide bonds. The first-order chi connectivity index (χ1) is 8.75. The fourth-order valence-corrected chi connectivity index (χ4v) is 2.13. The van der Waals surface area contributed by atoms with E-state index < -0.39 is 0 Å². The number of allylic oxidation sites excluding steroid dienone is 3. The highest BCUT2D eigenvalue weighted by Crippen LogP contribution is 2.20. The van der Waals surface area contributed by atoms with Crippen molar-refractivity contribution < 1.29 is 4.79 Å². The third-order valence-electron chi connectivity index (χ3n) is 3.10. The van der Waals surface area contributed by atoms with Gasteiger partial charge in [-0.1, -0.05) is 30.4 Å². The van der Waals surface area contributed by atoms with Crippen molar-refractivity contribution in [2.24, 2.45) is 0 Å². The van der Waals surface area contributed by atoms with Crippen LogP contribution in [0.4, 0.5) is 5.69 Å². The minimum Gasteiger partial charge on any atom is -0.372 e. The molecule has 1 aromatic carbocycles. The number of nitrogens with zero attached hydrogens (tertiary/aromatic N) is 1. The molecule has 0 saturated carbocycles. The topological polar surface area (TPSA) is 20.3 Å². The lowest BCUT2D eigenvalue weighted by Crippen LogP contribution is -2.17. The van der Waals surface area contributed by atoms with Crippen LogP contribution in [0.3, 0.4) is 0 Å². The lowest BCUT2D eigenvalue weighted by Gasteiger charge is -2.17. The summed E-state index contributed by atoms with van der Waals surface area (Å²) < 4.78 is 0. The molecular weight excluding hydrogens is 222 g/mol. The Morgan fingerprint density at radius 2 is 1.78 bits per heavy atom. The lowest BCUT2D eigenvalue weighted by atomic mass is 10.2. The van der Waals surface area contributed by atoms with Gasteiger partial charge in [-0.25, -0.2) is 0 Å². The minimum atomic E-state index is 0.0732. The smallest absolute Gasteiger partial charge is 0.152 e. The number of rotatable bonds is 4. The van der Waals surface area contributed by atoms with Crippen LogP contribution in [0.1, 0.15) is 25.3 Å². The van der Waals surface area contributed by atoms with Gasteiger partial charge in [-0.05, 0) is 43.5 Å². The number of carbonyl (C=O) groups is 1. The summed E-state index contributed by atoms with van der Waals surface area (Å²) in [6, 6.07) is 8.57. The first-order valence-corrected chi connectivity index (χ1v) is 6.46. The lowest BCUT2D eigenvalue weighted by molar-refractivity contribution is -0.112. The Morgan fingerprint density at radius 1 is 1.11 bits per heavy atom. The molecule has 1 aliphatic heterocycles. The second kappa shape index (κ2) is 6.20. The van der Waals surface area contributed by atoms with E-state index in [2.05, 4.69) is 29.2 Å². The third kappa shape index (κ3) is 3.59. The Morgan fingerprint density at radius 3 is 2.39 bits per heavy atom. The van der Waals surface area contributed by atoms with Crippen LogP contribution in [0.2, 0.25) is 0 Å². The van der Waals surface area contributed by atoms with Gasteiger partial charge in [-0.15, -0.1) is 0 Å². The molecular formula is C16H19NO. The Bertz CT molecular complexity index is 450. The van der Waals surface area contributed by atoms with Gasteiger partial charge in [0.2, 0.25) is 0 Å². The van der Waals surface area contributed by atoms with Gasteiger partial charge in [-0.2, -0.15) is 0 Å². The van der Waals surface area contributed by atoms with Gasteiger partial charge < -0.3 is 4.90 Å². The molecule has 1 aliphatic rings. The Labute approximate surface area is 109 Å². The largest absolute Gasteiger partial charge is 0.372 e. The van der Waals surface area contributed by atoms with E-state index in [4.69, 9.17) is 0 Å². The standard InChI is InChI=1S/C16H19NO/c1-14(18)6-2-3-7-15-8-10-16(11-9-15)17-12-4-5-13-17/h2-3,6-11H,4-5,12-13H2,1H3/b6-2+,7-3+. The quantitative estimate of drug-likeness (QED) is 0.594. The van der Waals surface area contributed by atoms with E-state index in [0.29, 0.717) is 0 Å². The molecule has 2 rings (SSSR count). The van der Waals surface area contributed by atoms with Crippen molar-refractivity contribution >= 4 is 17.5 Å². The summed E-state index contributed by atoms with van der Waals surface area (Å²) in [7, 11) is 0. The zero-order valence-corrected chi connectivity index (χ0v) is 10.8. The minimum absolute atomic E-state index is 0.0732. The van der Waals surface area contributed by atoms with Gasteiger partial charge in [0.25, 0.3) is 0 Å². The highest BCUT2D eigenvalue weighted by Gasteiger charge is 2.11. The second-order valence-corrected chi connectivity index (χ2v) is 4.61. The Balaban J connectivity index is 1.97. The van der Waals surface area contributed by atoms with E-state index in [9.17, 15) is 4.79 Å². The molecule has 0 atom stereocenters. The molecule has 1 aromatic rings. The zero-order chi connectivity index (χ0) is 12.8. The SMILES string of the molecule is CC(=O)/C=C/C=C/c1ccc(N2CCCC2)cc1. The molecule has 0 unspecified atom stereocenters. The highest BCUT2D eigenvalue weighted by molar-refractivity contribution is 5.87. The molecule has 0 aliphatic carbocycles. The van der Waals surface area contributed by atoms with Crippen molar-refractivity contribution in [2.45, 2.75) is 19.8 Å². The molecule has 0 bridgehead atoms. The molecule has 94 valence electrons. The molecule has 18 heavy (non-hydrogen) atoms. The van der Waals surface area contributed by atoms with Crippen molar-refractivity contribution in [2.75, 3.05) is 18.0 Å². The van der Waals surface area contributed by atoms with Crippen molar-refractivity contribution in [3.05, 3.63) is 48.1 Å². The molecule has 2 nitrogen and oxygen atoms in total. The van der Waals surface area contributed by atoms with E-state index in [-0.39, 0.29) is 5.78 Å². The van der Waals surface area contributed by atoms with Crippen LogP contribution in [0, 0.1) is 0 Å². The highest BCUT2D eigenvalue weighted by atomic mass is 16.1. The summed E-state index contributed by atoms with van der Waals surface area (Å²) in [4.78, 5) is 13.1. The van der Waals surface area contributed by atoms with Crippen LogP contribution >= 0.6 is 0 Å².